The Morgan fingerprint density at radius 1 is 1.41 bits per heavy atom. The van der Waals surface area contributed by atoms with Gasteiger partial charge in [-0.25, -0.2) is 4.98 Å². The Balaban J connectivity index is 2.21. The predicted molar refractivity (Wildman–Crippen MR) is 65.3 cm³/mol. The molecule has 0 radical (unpaired) electrons. The fraction of sp³-hybridized carbons (Fsp3) is 0.182. The van der Waals surface area contributed by atoms with Gasteiger partial charge in [-0.1, -0.05) is 17.7 Å². The number of aromatic amines is 1. The smallest absolute Gasteiger partial charge is 0.295 e. The molecule has 1 aromatic carbocycles. The maximum absolute atomic E-state index is 11.8. The molecule has 2 aromatic rings. The molecule has 0 aliphatic heterocycles. The second kappa shape index (κ2) is 4.55. The van der Waals surface area contributed by atoms with Crippen LogP contribution in [0, 0.1) is 13.8 Å². The van der Waals surface area contributed by atoms with Crippen LogP contribution in [0.1, 0.15) is 22.0 Å². The first-order valence-corrected chi connectivity index (χ1v) is 5.40. The van der Waals surface area contributed by atoms with Crippen molar-refractivity contribution in [2.45, 2.75) is 13.8 Å². The van der Waals surface area contributed by atoms with Crippen molar-refractivity contribution in [3.8, 4) is 0 Å². The van der Waals surface area contributed by atoms with Crippen molar-refractivity contribution in [2.75, 3.05) is 5.32 Å². The molecule has 17 heavy (non-hydrogen) atoms. The number of carbonyl (C=O) groups excluding carboxylic acids is 1. The van der Waals surface area contributed by atoms with E-state index < -0.39 is 0 Å². The van der Waals surface area contributed by atoms with Gasteiger partial charge in [-0.15, -0.1) is 5.10 Å². The Hall–Kier alpha value is -1.88. The van der Waals surface area contributed by atoms with Crippen LogP contribution in [-0.4, -0.2) is 21.1 Å². The molecule has 0 unspecified atom stereocenters. The summed E-state index contributed by atoms with van der Waals surface area (Å²) in [6, 6.07) is 5.39. The zero-order valence-corrected chi connectivity index (χ0v) is 10.2. The van der Waals surface area contributed by atoms with Gasteiger partial charge in [0.2, 0.25) is 5.82 Å². The first-order chi connectivity index (χ1) is 8.06. The highest BCUT2D eigenvalue weighted by Gasteiger charge is 2.12. The Morgan fingerprint density at radius 3 is 2.82 bits per heavy atom. The number of anilines is 1. The molecular weight excluding hydrogens is 240 g/mol. The highest BCUT2D eigenvalue weighted by Crippen LogP contribution is 2.22. The number of H-pyrrole nitrogens is 1. The molecule has 88 valence electrons. The molecule has 0 bridgehead atoms. The molecule has 1 amide bonds. The number of nitrogens with zero attached hydrogens (tertiary/aromatic N) is 2. The summed E-state index contributed by atoms with van der Waals surface area (Å²) in [5.74, 6) is 0.299. The minimum absolute atomic E-state index is 0.0973. The fourth-order valence-electron chi connectivity index (χ4n) is 1.36. The van der Waals surface area contributed by atoms with E-state index >= 15 is 0 Å². The quantitative estimate of drug-likeness (QED) is 0.859. The lowest BCUT2D eigenvalue weighted by Gasteiger charge is -2.05. The van der Waals surface area contributed by atoms with E-state index in [-0.39, 0.29) is 11.7 Å². The molecule has 0 saturated carbocycles. The van der Waals surface area contributed by atoms with Gasteiger partial charge in [-0.3, -0.25) is 9.89 Å². The van der Waals surface area contributed by atoms with Crippen LogP contribution in [0.3, 0.4) is 0 Å². The standard InChI is InChI=1S/C11H11ClN4O/c1-6-3-4-8(12)9(5-6)14-11(17)10-13-7(2)15-16-10/h3-5H,1-2H3,(H,14,17)(H,13,15,16). The Morgan fingerprint density at radius 2 is 2.18 bits per heavy atom. The number of hydrogen-bond acceptors (Lipinski definition) is 3. The molecule has 0 aliphatic carbocycles. The molecule has 0 saturated heterocycles. The van der Waals surface area contributed by atoms with Gasteiger partial charge in [0, 0.05) is 0 Å². The summed E-state index contributed by atoms with van der Waals surface area (Å²) in [6.45, 7) is 3.65. The lowest BCUT2D eigenvalue weighted by Crippen LogP contribution is -2.14. The summed E-state index contributed by atoms with van der Waals surface area (Å²) in [6.07, 6.45) is 0. The first kappa shape index (κ1) is 11.6. The Labute approximate surface area is 103 Å². The Kier molecular flexibility index (Phi) is 3.10. The van der Waals surface area contributed by atoms with Crippen molar-refractivity contribution in [1.29, 1.82) is 0 Å². The molecule has 1 aromatic heterocycles. The number of carbonyl (C=O) groups is 1. The molecule has 0 atom stereocenters. The maximum Gasteiger partial charge on any atom is 0.295 e. The summed E-state index contributed by atoms with van der Waals surface area (Å²) in [4.78, 5) is 15.7. The van der Waals surface area contributed by atoms with Crippen molar-refractivity contribution >= 4 is 23.2 Å². The molecule has 6 heteroatoms. The lowest BCUT2D eigenvalue weighted by molar-refractivity contribution is 0.101. The van der Waals surface area contributed by atoms with Crippen molar-refractivity contribution < 1.29 is 4.79 Å². The molecule has 0 spiro atoms. The topological polar surface area (TPSA) is 70.7 Å². The normalized spacial score (nSPS) is 10.3. The van der Waals surface area contributed by atoms with Gasteiger partial charge in [-0.2, -0.15) is 0 Å². The monoisotopic (exact) mass is 250 g/mol. The molecular formula is C11H11ClN4O. The minimum Gasteiger partial charge on any atom is -0.318 e. The summed E-state index contributed by atoms with van der Waals surface area (Å²) in [5.41, 5.74) is 1.56. The van der Waals surface area contributed by atoms with Crippen LogP contribution in [0.4, 0.5) is 5.69 Å². The predicted octanol–water partition coefficient (Wildman–Crippen LogP) is 2.33. The average Bonchev–Trinajstić information content (AvgIpc) is 2.70. The minimum atomic E-state index is -0.387. The zero-order valence-electron chi connectivity index (χ0n) is 9.41. The highest BCUT2D eigenvalue weighted by molar-refractivity contribution is 6.33. The number of halogens is 1. The van der Waals surface area contributed by atoms with Crippen molar-refractivity contribution in [2.24, 2.45) is 0 Å². The van der Waals surface area contributed by atoms with Gasteiger partial charge in [0.05, 0.1) is 10.7 Å². The van der Waals surface area contributed by atoms with Crippen LogP contribution in [0.5, 0.6) is 0 Å². The third kappa shape index (κ3) is 2.62. The second-order valence-corrected chi connectivity index (χ2v) is 4.09. The third-order valence-electron chi connectivity index (χ3n) is 2.17. The number of nitrogens with one attached hydrogen (secondary N) is 2. The van der Waals surface area contributed by atoms with E-state index in [9.17, 15) is 4.79 Å². The summed E-state index contributed by atoms with van der Waals surface area (Å²) in [7, 11) is 0. The summed E-state index contributed by atoms with van der Waals surface area (Å²) >= 11 is 5.97. The van der Waals surface area contributed by atoms with Gasteiger partial charge in [0.25, 0.3) is 5.91 Å². The largest absolute Gasteiger partial charge is 0.318 e. The van der Waals surface area contributed by atoms with Crippen LogP contribution in [-0.2, 0) is 0 Å². The SMILES string of the molecule is Cc1ccc(Cl)c(NC(=O)c2n[nH]c(C)n2)c1. The van der Waals surface area contributed by atoms with Crippen LogP contribution in [0.15, 0.2) is 18.2 Å². The van der Waals surface area contributed by atoms with Crippen molar-refractivity contribution in [1.82, 2.24) is 15.2 Å². The van der Waals surface area contributed by atoms with Gasteiger partial charge in [-0.05, 0) is 31.5 Å². The number of rotatable bonds is 2. The van der Waals surface area contributed by atoms with Crippen molar-refractivity contribution in [3.63, 3.8) is 0 Å². The van der Waals surface area contributed by atoms with Crippen LogP contribution in [0.25, 0.3) is 0 Å². The molecule has 2 N–H and O–H groups in total. The number of benzene rings is 1. The van der Waals surface area contributed by atoms with Crippen LogP contribution in [0.2, 0.25) is 5.02 Å². The third-order valence-corrected chi connectivity index (χ3v) is 2.50. The van der Waals surface area contributed by atoms with Gasteiger partial charge in [0.1, 0.15) is 5.82 Å². The average molecular weight is 251 g/mol. The van der Waals surface area contributed by atoms with E-state index in [1.807, 2.05) is 13.0 Å². The van der Waals surface area contributed by atoms with E-state index in [0.29, 0.717) is 16.5 Å². The lowest BCUT2D eigenvalue weighted by atomic mass is 10.2. The summed E-state index contributed by atoms with van der Waals surface area (Å²) < 4.78 is 0. The number of amides is 1. The molecule has 0 aliphatic rings. The van der Waals surface area contributed by atoms with E-state index in [1.165, 1.54) is 0 Å². The molecule has 2 rings (SSSR count). The first-order valence-electron chi connectivity index (χ1n) is 5.03. The Bertz CT molecular complexity index is 564. The van der Waals surface area contributed by atoms with Gasteiger partial charge >= 0.3 is 0 Å². The molecule has 5 nitrogen and oxygen atoms in total. The highest BCUT2D eigenvalue weighted by atomic mass is 35.5. The summed E-state index contributed by atoms with van der Waals surface area (Å²) in [5, 5.41) is 9.53. The molecule has 1 heterocycles. The van der Waals surface area contributed by atoms with E-state index in [2.05, 4.69) is 20.5 Å². The second-order valence-electron chi connectivity index (χ2n) is 3.68. The molecule has 0 fully saturated rings. The zero-order chi connectivity index (χ0) is 12.4. The number of aryl methyl sites for hydroxylation is 2. The van der Waals surface area contributed by atoms with Gasteiger partial charge < -0.3 is 5.32 Å². The van der Waals surface area contributed by atoms with Crippen LogP contribution < -0.4 is 5.32 Å². The number of aromatic nitrogens is 3. The van der Waals surface area contributed by atoms with E-state index in [4.69, 9.17) is 11.6 Å². The van der Waals surface area contributed by atoms with E-state index in [1.54, 1.807) is 19.1 Å². The van der Waals surface area contributed by atoms with Gasteiger partial charge in [0.15, 0.2) is 0 Å². The van der Waals surface area contributed by atoms with E-state index in [0.717, 1.165) is 5.56 Å². The van der Waals surface area contributed by atoms with Crippen molar-refractivity contribution in [3.05, 3.63) is 40.4 Å². The van der Waals surface area contributed by atoms with Crippen LogP contribution >= 0.6 is 11.6 Å². The fourth-order valence-corrected chi connectivity index (χ4v) is 1.52. The number of hydrogen-bond donors (Lipinski definition) is 2. The maximum atomic E-state index is 11.8.